The molecule has 2 rings (SSSR count). The van der Waals surface area contributed by atoms with Crippen LogP contribution in [0.5, 0.6) is 0 Å². The number of amides is 2. The summed E-state index contributed by atoms with van der Waals surface area (Å²) in [4.78, 5) is 34.3. The molecule has 3 N–H and O–H groups in total. The van der Waals surface area contributed by atoms with Crippen LogP contribution in [0.3, 0.4) is 0 Å². The van der Waals surface area contributed by atoms with Crippen molar-refractivity contribution in [2.45, 2.75) is 26.2 Å². The van der Waals surface area contributed by atoms with Crippen molar-refractivity contribution in [3.63, 3.8) is 0 Å². The highest BCUT2D eigenvalue weighted by molar-refractivity contribution is 6.01. The van der Waals surface area contributed by atoms with E-state index in [0.717, 1.165) is 17.7 Å². The van der Waals surface area contributed by atoms with Crippen LogP contribution in [-0.4, -0.2) is 29.4 Å². The highest BCUT2D eigenvalue weighted by atomic mass is 16.4. The minimum Gasteiger partial charge on any atom is -0.481 e. The van der Waals surface area contributed by atoms with Crippen LogP contribution in [0.2, 0.25) is 0 Å². The van der Waals surface area contributed by atoms with E-state index in [-0.39, 0.29) is 24.8 Å². The van der Waals surface area contributed by atoms with Gasteiger partial charge in [0.1, 0.15) is 0 Å². The first-order valence-corrected chi connectivity index (χ1v) is 6.95. The average molecular weight is 290 g/mol. The fraction of sp³-hybridized carbons (Fsp3) is 0.400. The standard InChI is InChI=1S/C15H18N2O4/c1-2-3-10(15(20)21)8-16-14(19)9-4-5-12-11(6-9)7-13(18)17-12/h4-6,10H,2-3,7-8H2,1H3,(H,16,19)(H,17,18)(H,20,21). The zero-order valence-electron chi connectivity index (χ0n) is 11.8. The SMILES string of the molecule is CCCC(CNC(=O)c1ccc2c(c1)CC(=O)N2)C(=O)O. The molecule has 6 heteroatoms. The maximum atomic E-state index is 12.0. The zero-order chi connectivity index (χ0) is 15.4. The lowest BCUT2D eigenvalue weighted by Gasteiger charge is -2.12. The van der Waals surface area contributed by atoms with Crippen LogP contribution in [0.4, 0.5) is 5.69 Å². The molecule has 0 fully saturated rings. The molecule has 112 valence electrons. The number of rotatable bonds is 6. The second kappa shape index (κ2) is 6.39. The van der Waals surface area contributed by atoms with Gasteiger partial charge in [0, 0.05) is 17.8 Å². The summed E-state index contributed by atoms with van der Waals surface area (Å²) >= 11 is 0. The summed E-state index contributed by atoms with van der Waals surface area (Å²) in [5.74, 6) is -1.88. The summed E-state index contributed by atoms with van der Waals surface area (Å²) in [6.07, 6.45) is 1.54. The fourth-order valence-electron chi connectivity index (χ4n) is 2.35. The summed E-state index contributed by atoms with van der Waals surface area (Å²) in [7, 11) is 0. The van der Waals surface area contributed by atoms with E-state index in [2.05, 4.69) is 10.6 Å². The maximum Gasteiger partial charge on any atom is 0.308 e. The molecular formula is C15H18N2O4. The van der Waals surface area contributed by atoms with Gasteiger partial charge >= 0.3 is 5.97 Å². The Morgan fingerprint density at radius 3 is 2.86 bits per heavy atom. The quantitative estimate of drug-likeness (QED) is 0.738. The molecule has 1 atom stereocenters. The van der Waals surface area contributed by atoms with Crippen LogP contribution in [0.15, 0.2) is 18.2 Å². The van der Waals surface area contributed by atoms with Gasteiger partial charge in [0.05, 0.1) is 12.3 Å². The van der Waals surface area contributed by atoms with E-state index in [0.29, 0.717) is 12.0 Å². The highest BCUT2D eigenvalue weighted by Gasteiger charge is 2.20. The van der Waals surface area contributed by atoms with Crippen molar-refractivity contribution in [2.75, 3.05) is 11.9 Å². The van der Waals surface area contributed by atoms with Crippen molar-refractivity contribution in [3.05, 3.63) is 29.3 Å². The number of hydrogen-bond acceptors (Lipinski definition) is 3. The minimum absolute atomic E-state index is 0.0866. The first-order valence-electron chi connectivity index (χ1n) is 6.95. The van der Waals surface area contributed by atoms with Crippen LogP contribution in [0.25, 0.3) is 0 Å². The van der Waals surface area contributed by atoms with E-state index < -0.39 is 11.9 Å². The molecule has 1 aromatic carbocycles. The molecule has 1 unspecified atom stereocenters. The lowest BCUT2D eigenvalue weighted by molar-refractivity contribution is -0.141. The number of fused-ring (bicyclic) bond motifs is 1. The van der Waals surface area contributed by atoms with Crippen molar-refractivity contribution >= 4 is 23.5 Å². The van der Waals surface area contributed by atoms with Crippen LogP contribution in [0.1, 0.15) is 35.7 Å². The van der Waals surface area contributed by atoms with E-state index in [1.54, 1.807) is 18.2 Å². The lowest BCUT2D eigenvalue weighted by Crippen LogP contribution is -2.32. The van der Waals surface area contributed by atoms with E-state index in [4.69, 9.17) is 5.11 Å². The molecule has 1 heterocycles. The molecule has 1 aliphatic rings. The van der Waals surface area contributed by atoms with Crippen molar-refractivity contribution in [2.24, 2.45) is 5.92 Å². The first-order chi connectivity index (χ1) is 10.0. The second-order valence-corrected chi connectivity index (χ2v) is 5.13. The molecule has 0 saturated heterocycles. The van der Waals surface area contributed by atoms with Gasteiger partial charge in [0.15, 0.2) is 0 Å². The molecule has 1 aromatic rings. The number of carboxylic acids is 1. The van der Waals surface area contributed by atoms with Gasteiger partial charge in [-0.1, -0.05) is 13.3 Å². The van der Waals surface area contributed by atoms with Crippen LogP contribution >= 0.6 is 0 Å². The Morgan fingerprint density at radius 2 is 2.19 bits per heavy atom. The van der Waals surface area contributed by atoms with E-state index in [1.807, 2.05) is 6.92 Å². The second-order valence-electron chi connectivity index (χ2n) is 5.13. The maximum absolute atomic E-state index is 12.0. The third-order valence-corrected chi connectivity index (χ3v) is 3.49. The predicted octanol–water partition coefficient (Wildman–Crippen LogP) is 1.41. The number of anilines is 1. The molecule has 0 saturated carbocycles. The van der Waals surface area contributed by atoms with Gasteiger partial charge in [-0.05, 0) is 30.2 Å². The van der Waals surface area contributed by atoms with Gasteiger partial charge in [-0.25, -0.2) is 0 Å². The number of carbonyl (C=O) groups excluding carboxylic acids is 2. The summed E-state index contributed by atoms with van der Waals surface area (Å²) in [5, 5.41) is 14.4. The molecule has 0 aliphatic carbocycles. The van der Waals surface area contributed by atoms with Gasteiger partial charge in [0.25, 0.3) is 5.91 Å². The number of carbonyl (C=O) groups is 3. The Kier molecular flexibility index (Phi) is 4.57. The Hall–Kier alpha value is -2.37. The van der Waals surface area contributed by atoms with E-state index in [9.17, 15) is 14.4 Å². The number of carboxylic acid groups (broad SMARTS) is 1. The van der Waals surface area contributed by atoms with Gasteiger partial charge in [-0.2, -0.15) is 0 Å². The number of aliphatic carboxylic acids is 1. The highest BCUT2D eigenvalue weighted by Crippen LogP contribution is 2.23. The van der Waals surface area contributed by atoms with Gasteiger partial charge < -0.3 is 15.7 Å². The zero-order valence-corrected chi connectivity index (χ0v) is 11.8. The van der Waals surface area contributed by atoms with E-state index >= 15 is 0 Å². The molecule has 2 amide bonds. The number of benzene rings is 1. The molecule has 21 heavy (non-hydrogen) atoms. The molecule has 0 spiro atoms. The van der Waals surface area contributed by atoms with Gasteiger partial charge in [-0.3, -0.25) is 14.4 Å². The average Bonchev–Trinajstić information content (AvgIpc) is 2.81. The van der Waals surface area contributed by atoms with Gasteiger partial charge in [-0.15, -0.1) is 0 Å². The Bertz CT molecular complexity index is 583. The third-order valence-electron chi connectivity index (χ3n) is 3.49. The van der Waals surface area contributed by atoms with Crippen molar-refractivity contribution in [1.82, 2.24) is 5.32 Å². The molecule has 0 bridgehead atoms. The predicted molar refractivity (Wildman–Crippen MR) is 77.1 cm³/mol. The van der Waals surface area contributed by atoms with Crippen molar-refractivity contribution in [3.8, 4) is 0 Å². The molecule has 0 aromatic heterocycles. The molecule has 1 aliphatic heterocycles. The van der Waals surface area contributed by atoms with Crippen molar-refractivity contribution in [1.29, 1.82) is 0 Å². The van der Waals surface area contributed by atoms with Crippen LogP contribution < -0.4 is 10.6 Å². The van der Waals surface area contributed by atoms with Crippen molar-refractivity contribution < 1.29 is 19.5 Å². The van der Waals surface area contributed by atoms with Gasteiger partial charge in [0.2, 0.25) is 5.91 Å². The third kappa shape index (κ3) is 3.59. The minimum atomic E-state index is -0.902. The largest absolute Gasteiger partial charge is 0.481 e. The summed E-state index contributed by atoms with van der Waals surface area (Å²) in [5.41, 5.74) is 1.95. The lowest BCUT2D eigenvalue weighted by atomic mass is 10.0. The summed E-state index contributed by atoms with van der Waals surface area (Å²) < 4.78 is 0. The first kappa shape index (κ1) is 15.0. The Labute approximate surface area is 122 Å². The summed E-state index contributed by atoms with van der Waals surface area (Å²) in [6, 6.07) is 4.98. The Morgan fingerprint density at radius 1 is 1.43 bits per heavy atom. The van der Waals surface area contributed by atoms with Crippen LogP contribution in [0, 0.1) is 5.92 Å². The fourth-order valence-corrected chi connectivity index (χ4v) is 2.35. The monoisotopic (exact) mass is 290 g/mol. The smallest absolute Gasteiger partial charge is 0.308 e. The molecule has 0 radical (unpaired) electrons. The normalized spacial score (nSPS) is 14.2. The summed E-state index contributed by atoms with van der Waals surface area (Å²) in [6.45, 7) is 2.01. The van der Waals surface area contributed by atoms with E-state index in [1.165, 1.54) is 0 Å². The Balaban J connectivity index is 1.99. The molecular weight excluding hydrogens is 272 g/mol. The number of hydrogen-bond donors (Lipinski definition) is 3. The topological polar surface area (TPSA) is 95.5 Å². The molecule has 6 nitrogen and oxygen atoms in total. The van der Waals surface area contributed by atoms with Crippen LogP contribution in [-0.2, 0) is 16.0 Å². The number of nitrogens with one attached hydrogen (secondary N) is 2.